The molecule has 0 atom stereocenters. The number of hydrogen-bond donors (Lipinski definition) is 1. The summed E-state index contributed by atoms with van der Waals surface area (Å²) in [6.45, 7) is 7.09. The lowest BCUT2D eigenvalue weighted by Gasteiger charge is -2.30. The van der Waals surface area contributed by atoms with Crippen molar-refractivity contribution in [3.8, 4) is 11.4 Å². The molecule has 3 aromatic rings. The number of likely N-dealkylation sites (tertiary alicyclic amines) is 1. The first-order valence-corrected chi connectivity index (χ1v) is 11.6. The van der Waals surface area contributed by atoms with Gasteiger partial charge in [0.2, 0.25) is 11.7 Å². The maximum Gasteiger partial charge on any atom is 0.293 e. The van der Waals surface area contributed by atoms with Gasteiger partial charge in [-0.25, -0.2) is 9.67 Å². The number of nitrogens with one attached hydrogen (secondary N) is 1. The molecule has 1 fully saturated rings. The molecule has 1 N–H and O–H groups in total. The van der Waals surface area contributed by atoms with Gasteiger partial charge in [0, 0.05) is 19.0 Å². The monoisotopic (exact) mass is 461 g/mol. The van der Waals surface area contributed by atoms with Gasteiger partial charge in [-0.1, -0.05) is 44.2 Å². The molecule has 0 saturated carbocycles. The Balaban J connectivity index is 1.41. The number of carbonyl (C=O) groups excluding carboxylic acids is 2. The summed E-state index contributed by atoms with van der Waals surface area (Å²) < 4.78 is 7.06. The van der Waals surface area contributed by atoms with Crippen molar-refractivity contribution in [3.05, 3.63) is 65.7 Å². The van der Waals surface area contributed by atoms with Gasteiger partial charge in [-0.05, 0) is 49.4 Å². The molecule has 1 aliphatic heterocycles. The molecule has 0 aliphatic carbocycles. The molecule has 1 aliphatic rings. The average Bonchev–Trinajstić information content (AvgIpc) is 3.25. The van der Waals surface area contributed by atoms with E-state index in [0.717, 1.165) is 11.3 Å². The summed E-state index contributed by atoms with van der Waals surface area (Å²) in [6.07, 6.45) is 1.17. The van der Waals surface area contributed by atoms with E-state index in [2.05, 4.69) is 35.3 Å². The summed E-state index contributed by atoms with van der Waals surface area (Å²) in [5.41, 5.74) is 2.74. The first-order valence-electron chi connectivity index (χ1n) is 11.6. The Labute approximate surface area is 199 Å². The number of benzene rings is 2. The Morgan fingerprint density at radius 2 is 1.74 bits per heavy atom. The Kier molecular flexibility index (Phi) is 6.95. The lowest BCUT2D eigenvalue weighted by Crippen LogP contribution is -2.41. The fraction of sp³-hybridized carbons (Fsp3) is 0.385. The Morgan fingerprint density at radius 1 is 1.06 bits per heavy atom. The molecule has 1 aromatic heterocycles. The number of rotatable bonds is 6. The van der Waals surface area contributed by atoms with Gasteiger partial charge in [0.15, 0.2) is 0 Å². The molecule has 2 amide bonds. The van der Waals surface area contributed by atoms with Gasteiger partial charge in [-0.15, -0.1) is 5.10 Å². The molecule has 0 unspecified atom stereocenters. The summed E-state index contributed by atoms with van der Waals surface area (Å²) in [6, 6.07) is 15.4. The van der Waals surface area contributed by atoms with Crippen LogP contribution >= 0.6 is 0 Å². The normalized spacial score (nSPS) is 14.3. The maximum absolute atomic E-state index is 13.1. The smallest absolute Gasteiger partial charge is 0.293 e. The zero-order valence-corrected chi connectivity index (χ0v) is 20.1. The maximum atomic E-state index is 13.1. The summed E-state index contributed by atoms with van der Waals surface area (Å²) in [4.78, 5) is 32.1. The van der Waals surface area contributed by atoms with Gasteiger partial charge in [0.1, 0.15) is 11.6 Å². The predicted molar refractivity (Wildman–Crippen MR) is 130 cm³/mol. The number of amides is 2. The lowest BCUT2D eigenvalue weighted by molar-refractivity contribution is -0.121. The second-order valence-electron chi connectivity index (χ2n) is 8.86. The fourth-order valence-corrected chi connectivity index (χ4v) is 4.35. The van der Waals surface area contributed by atoms with Gasteiger partial charge in [-0.2, -0.15) is 0 Å². The number of methoxy groups -OCH3 is 1. The Bertz CT molecular complexity index is 1180. The van der Waals surface area contributed by atoms with E-state index in [1.165, 1.54) is 0 Å². The van der Waals surface area contributed by atoms with E-state index in [4.69, 9.17) is 4.74 Å². The van der Waals surface area contributed by atoms with Gasteiger partial charge in [-0.3, -0.25) is 9.59 Å². The number of carbonyl (C=O) groups is 2. The van der Waals surface area contributed by atoms with Crippen molar-refractivity contribution in [2.75, 3.05) is 25.5 Å². The number of anilines is 1. The first-order chi connectivity index (χ1) is 16.4. The van der Waals surface area contributed by atoms with Crippen molar-refractivity contribution >= 4 is 17.5 Å². The largest absolute Gasteiger partial charge is 0.495 e. The molecule has 4 rings (SSSR count). The van der Waals surface area contributed by atoms with E-state index in [9.17, 15) is 9.59 Å². The Hall–Kier alpha value is -3.68. The van der Waals surface area contributed by atoms with Gasteiger partial charge >= 0.3 is 0 Å². The van der Waals surface area contributed by atoms with Crippen molar-refractivity contribution in [3.63, 3.8) is 0 Å². The molecule has 1 saturated heterocycles. The zero-order valence-electron chi connectivity index (χ0n) is 20.1. The lowest BCUT2D eigenvalue weighted by atomic mass is 9.95. The molecule has 0 spiro atoms. The van der Waals surface area contributed by atoms with Crippen molar-refractivity contribution in [1.82, 2.24) is 19.7 Å². The van der Waals surface area contributed by atoms with Crippen LogP contribution in [0.5, 0.6) is 5.75 Å². The summed E-state index contributed by atoms with van der Waals surface area (Å²) in [5, 5.41) is 7.50. The minimum Gasteiger partial charge on any atom is -0.495 e. The molecule has 8 heteroatoms. The molecule has 8 nitrogen and oxygen atoms in total. The van der Waals surface area contributed by atoms with E-state index in [1.807, 2.05) is 49.4 Å². The molecule has 0 radical (unpaired) electrons. The topological polar surface area (TPSA) is 89.4 Å². The highest BCUT2D eigenvalue weighted by atomic mass is 16.5. The molecular formula is C26H31N5O3. The van der Waals surface area contributed by atoms with Gasteiger partial charge < -0.3 is 15.0 Å². The highest BCUT2D eigenvalue weighted by Crippen LogP contribution is 2.27. The minimum atomic E-state index is -0.201. The minimum absolute atomic E-state index is 0.0554. The van der Waals surface area contributed by atoms with Crippen molar-refractivity contribution < 1.29 is 14.3 Å². The van der Waals surface area contributed by atoms with Crippen LogP contribution in [0.3, 0.4) is 0 Å². The third-order valence-electron chi connectivity index (χ3n) is 6.26. The van der Waals surface area contributed by atoms with Gasteiger partial charge in [0.25, 0.3) is 5.91 Å². The molecule has 34 heavy (non-hydrogen) atoms. The van der Waals surface area contributed by atoms with Crippen molar-refractivity contribution in [1.29, 1.82) is 0 Å². The second-order valence-corrected chi connectivity index (χ2v) is 8.86. The predicted octanol–water partition coefficient (Wildman–Crippen LogP) is 4.20. The number of piperidine rings is 1. The number of aryl methyl sites for hydroxylation is 1. The van der Waals surface area contributed by atoms with Crippen LogP contribution in [0.25, 0.3) is 5.69 Å². The van der Waals surface area contributed by atoms with E-state index in [0.29, 0.717) is 49.1 Å². The van der Waals surface area contributed by atoms with Crippen molar-refractivity contribution in [2.24, 2.45) is 5.92 Å². The highest BCUT2D eigenvalue weighted by Gasteiger charge is 2.30. The van der Waals surface area contributed by atoms with Gasteiger partial charge in [0.05, 0.1) is 18.5 Å². The number of ether oxygens (including phenoxy) is 1. The number of para-hydroxylation sites is 3. The second kappa shape index (κ2) is 10.1. The van der Waals surface area contributed by atoms with Crippen LogP contribution in [0.15, 0.2) is 48.5 Å². The van der Waals surface area contributed by atoms with Crippen molar-refractivity contribution in [2.45, 2.75) is 39.5 Å². The molecular weight excluding hydrogens is 430 g/mol. The standard InChI is InChI=1S/C26H31N5O3/c1-17(2)20-9-5-7-11-22(20)31-18(3)27-24(29-31)26(33)30-15-13-19(14-16-30)25(32)28-21-10-6-8-12-23(21)34-4/h5-12,17,19H,13-16H2,1-4H3,(H,28,32). The highest BCUT2D eigenvalue weighted by molar-refractivity contribution is 5.94. The Morgan fingerprint density at radius 3 is 2.44 bits per heavy atom. The summed E-state index contributed by atoms with van der Waals surface area (Å²) >= 11 is 0. The number of hydrogen-bond acceptors (Lipinski definition) is 5. The third-order valence-corrected chi connectivity index (χ3v) is 6.26. The van der Waals surface area contributed by atoms with Crippen LogP contribution in [-0.4, -0.2) is 51.7 Å². The van der Waals surface area contributed by atoms with E-state index < -0.39 is 0 Å². The van der Waals surface area contributed by atoms with Crippen LogP contribution in [0, 0.1) is 12.8 Å². The van der Waals surface area contributed by atoms with E-state index in [1.54, 1.807) is 16.7 Å². The molecule has 178 valence electrons. The van der Waals surface area contributed by atoms with Crippen LogP contribution < -0.4 is 10.1 Å². The SMILES string of the molecule is COc1ccccc1NC(=O)C1CCN(C(=O)c2nc(C)n(-c3ccccc3C(C)C)n2)CC1. The van der Waals surface area contributed by atoms with Crippen LogP contribution in [-0.2, 0) is 4.79 Å². The summed E-state index contributed by atoms with van der Waals surface area (Å²) in [5.74, 6) is 1.38. The zero-order chi connectivity index (χ0) is 24.2. The first kappa shape index (κ1) is 23.5. The number of nitrogens with zero attached hydrogens (tertiary/aromatic N) is 4. The van der Waals surface area contributed by atoms with E-state index in [-0.39, 0.29) is 23.6 Å². The number of aromatic nitrogens is 3. The summed E-state index contributed by atoms with van der Waals surface area (Å²) in [7, 11) is 1.58. The van der Waals surface area contributed by atoms with Crippen LogP contribution in [0.4, 0.5) is 5.69 Å². The molecule has 0 bridgehead atoms. The molecule has 2 aromatic carbocycles. The average molecular weight is 462 g/mol. The van der Waals surface area contributed by atoms with E-state index >= 15 is 0 Å². The quantitative estimate of drug-likeness (QED) is 0.594. The third kappa shape index (κ3) is 4.81. The van der Waals surface area contributed by atoms with Crippen LogP contribution in [0.2, 0.25) is 0 Å². The molecule has 2 heterocycles. The van der Waals surface area contributed by atoms with Crippen LogP contribution in [0.1, 0.15) is 54.6 Å². The fourth-order valence-electron chi connectivity index (χ4n) is 4.35.